The summed E-state index contributed by atoms with van der Waals surface area (Å²) in [5.74, 6) is 0.270. The third-order valence-corrected chi connectivity index (χ3v) is 3.79. The van der Waals surface area contributed by atoms with Crippen molar-refractivity contribution in [3.05, 3.63) is 59.4 Å². The highest BCUT2D eigenvalue weighted by atomic mass is 16.3. The summed E-state index contributed by atoms with van der Waals surface area (Å²) in [6.07, 6.45) is 6.73. The van der Waals surface area contributed by atoms with Crippen LogP contribution in [0, 0.1) is 0 Å². The Bertz CT molecular complexity index is 902. The highest BCUT2D eigenvalue weighted by molar-refractivity contribution is 5.71. The molecule has 0 saturated heterocycles. The van der Waals surface area contributed by atoms with Crippen molar-refractivity contribution in [2.45, 2.75) is 19.8 Å². The number of pyridine rings is 1. The Morgan fingerprint density at radius 3 is 2.56 bits per heavy atom. The van der Waals surface area contributed by atoms with Crippen LogP contribution in [0.2, 0.25) is 0 Å². The van der Waals surface area contributed by atoms with Crippen molar-refractivity contribution in [2.24, 2.45) is 0 Å². The van der Waals surface area contributed by atoms with Crippen molar-refractivity contribution in [1.82, 2.24) is 14.8 Å². The molecule has 6 nitrogen and oxygen atoms in total. The van der Waals surface area contributed by atoms with E-state index < -0.39 is 0 Å². The largest absolute Gasteiger partial charge is 0.504 e. The Hall–Kier alpha value is -3.28. The van der Waals surface area contributed by atoms with Gasteiger partial charge in [-0.1, -0.05) is 31.6 Å². The SMILES string of the molecule is CCCc1c(/C=C/c2ccc(O)c(O)c2)nn(-c2ccccn2)c1O. The standard InChI is InChI=1S/C19H19N3O3/c1-2-5-14-15(9-7-13-8-10-16(23)17(24)12-13)21-22(19(14)25)18-6-3-4-11-20-18/h3-4,6-12,23-25H,2,5H2,1H3/b9-7+. The lowest BCUT2D eigenvalue weighted by molar-refractivity contribution is 0.403. The normalized spacial score (nSPS) is 11.2. The Kier molecular flexibility index (Phi) is 4.70. The van der Waals surface area contributed by atoms with Crippen LogP contribution in [0.3, 0.4) is 0 Å². The average Bonchev–Trinajstić information content (AvgIpc) is 2.93. The molecule has 0 aliphatic heterocycles. The Labute approximate surface area is 145 Å². The van der Waals surface area contributed by atoms with Crippen molar-refractivity contribution in [3.63, 3.8) is 0 Å². The first-order valence-corrected chi connectivity index (χ1v) is 8.02. The lowest BCUT2D eigenvalue weighted by Gasteiger charge is -2.01. The van der Waals surface area contributed by atoms with Crippen molar-refractivity contribution in [3.8, 4) is 23.2 Å². The molecule has 0 saturated carbocycles. The number of hydrogen-bond donors (Lipinski definition) is 3. The lowest BCUT2D eigenvalue weighted by Crippen LogP contribution is -1.98. The van der Waals surface area contributed by atoms with Gasteiger partial charge in [0.2, 0.25) is 5.88 Å². The Morgan fingerprint density at radius 2 is 1.88 bits per heavy atom. The molecule has 3 N–H and O–H groups in total. The van der Waals surface area contributed by atoms with Gasteiger partial charge in [0.25, 0.3) is 0 Å². The maximum atomic E-state index is 10.5. The molecule has 2 heterocycles. The van der Waals surface area contributed by atoms with Crippen molar-refractivity contribution >= 4 is 12.2 Å². The van der Waals surface area contributed by atoms with E-state index in [1.165, 1.54) is 16.8 Å². The first-order valence-electron chi connectivity index (χ1n) is 8.02. The number of phenolic OH excluding ortho intramolecular Hbond substituents is 2. The minimum absolute atomic E-state index is 0.0775. The Morgan fingerprint density at radius 1 is 1.04 bits per heavy atom. The first kappa shape index (κ1) is 16.6. The minimum Gasteiger partial charge on any atom is -0.504 e. The average molecular weight is 337 g/mol. The van der Waals surface area contributed by atoms with Crippen molar-refractivity contribution < 1.29 is 15.3 Å². The van der Waals surface area contributed by atoms with Gasteiger partial charge in [-0.2, -0.15) is 9.78 Å². The lowest BCUT2D eigenvalue weighted by atomic mass is 10.1. The smallest absolute Gasteiger partial charge is 0.219 e. The number of phenols is 2. The summed E-state index contributed by atoms with van der Waals surface area (Å²) in [5.41, 5.74) is 2.09. The quantitative estimate of drug-likeness (QED) is 0.620. The van der Waals surface area contributed by atoms with Gasteiger partial charge in [-0.15, -0.1) is 0 Å². The van der Waals surface area contributed by atoms with E-state index in [2.05, 4.69) is 10.1 Å². The van der Waals surface area contributed by atoms with Gasteiger partial charge in [0.05, 0.1) is 5.69 Å². The number of aromatic hydroxyl groups is 3. The summed E-state index contributed by atoms with van der Waals surface area (Å²) in [7, 11) is 0. The fourth-order valence-electron chi connectivity index (χ4n) is 2.54. The van der Waals surface area contributed by atoms with E-state index >= 15 is 0 Å². The van der Waals surface area contributed by atoms with Gasteiger partial charge in [-0.05, 0) is 42.3 Å². The van der Waals surface area contributed by atoms with Crippen LogP contribution in [0.25, 0.3) is 18.0 Å². The first-order chi connectivity index (χ1) is 12.1. The molecule has 0 amide bonds. The molecule has 0 aliphatic carbocycles. The summed E-state index contributed by atoms with van der Waals surface area (Å²) in [5, 5.41) is 33.9. The van der Waals surface area contributed by atoms with E-state index in [-0.39, 0.29) is 17.4 Å². The van der Waals surface area contributed by atoms with Gasteiger partial charge in [0.1, 0.15) is 0 Å². The number of rotatable bonds is 5. The van der Waals surface area contributed by atoms with E-state index in [0.717, 1.165) is 12.0 Å². The summed E-state index contributed by atoms with van der Waals surface area (Å²) < 4.78 is 1.42. The van der Waals surface area contributed by atoms with E-state index in [4.69, 9.17) is 0 Å². The topological polar surface area (TPSA) is 91.4 Å². The molecule has 3 aromatic rings. The zero-order valence-corrected chi connectivity index (χ0v) is 13.8. The molecule has 128 valence electrons. The molecule has 0 fully saturated rings. The van der Waals surface area contributed by atoms with Crippen LogP contribution in [0.5, 0.6) is 17.4 Å². The third-order valence-electron chi connectivity index (χ3n) is 3.79. The van der Waals surface area contributed by atoms with E-state index in [1.54, 1.807) is 36.5 Å². The fraction of sp³-hybridized carbons (Fsp3) is 0.158. The molecule has 6 heteroatoms. The second kappa shape index (κ2) is 7.09. The molecule has 0 bridgehead atoms. The number of aromatic nitrogens is 3. The predicted octanol–water partition coefficient (Wildman–Crippen LogP) is 3.51. The third kappa shape index (κ3) is 3.47. The van der Waals surface area contributed by atoms with Crippen LogP contribution in [0.1, 0.15) is 30.2 Å². The predicted molar refractivity (Wildman–Crippen MR) is 95.7 cm³/mol. The van der Waals surface area contributed by atoms with Gasteiger partial charge >= 0.3 is 0 Å². The molecule has 2 aromatic heterocycles. The maximum absolute atomic E-state index is 10.5. The van der Waals surface area contributed by atoms with Crippen LogP contribution < -0.4 is 0 Å². The summed E-state index contributed by atoms with van der Waals surface area (Å²) in [6, 6.07) is 9.97. The summed E-state index contributed by atoms with van der Waals surface area (Å²) in [6.45, 7) is 2.03. The monoisotopic (exact) mass is 337 g/mol. The molecule has 0 radical (unpaired) electrons. The highest BCUT2D eigenvalue weighted by Crippen LogP contribution is 2.28. The molecule has 0 aliphatic rings. The molecule has 0 spiro atoms. The van der Waals surface area contributed by atoms with Crippen molar-refractivity contribution in [1.29, 1.82) is 0 Å². The summed E-state index contributed by atoms with van der Waals surface area (Å²) >= 11 is 0. The number of benzene rings is 1. The van der Waals surface area contributed by atoms with Crippen LogP contribution in [0.15, 0.2) is 42.6 Å². The van der Waals surface area contributed by atoms with Crippen LogP contribution >= 0.6 is 0 Å². The van der Waals surface area contributed by atoms with Crippen molar-refractivity contribution in [2.75, 3.05) is 0 Å². The second-order valence-electron chi connectivity index (χ2n) is 5.62. The number of hydrogen-bond acceptors (Lipinski definition) is 5. The second-order valence-corrected chi connectivity index (χ2v) is 5.62. The zero-order valence-electron chi connectivity index (χ0n) is 13.8. The molecular weight excluding hydrogens is 318 g/mol. The molecule has 3 rings (SSSR count). The van der Waals surface area contributed by atoms with E-state index in [1.807, 2.05) is 13.0 Å². The molecule has 0 atom stereocenters. The van der Waals surface area contributed by atoms with Crippen LogP contribution in [0.4, 0.5) is 0 Å². The van der Waals surface area contributed by atoms with Gasteiger partial charge in [0.15, 0.2) is 17.3 Å². The fourth-order valence-corrected chi connectivity index (χ4v) is 2.54. The van der Waals surface area contributed by atoms with Gasteiger partial charge in [0, 0.05) is 11.8 Å². The zero-order chi connectivity index (χ0) is 17.8. The molecular formula is C19H19N3O3. The minimum atomic E-state index is -0.183. The number of nitrogens with zero attached hydrogens (tertiary/aromatic N) is 3. The van der Waals surface area contributed by atoms with Gasteiger partial charge in [-0.3, -0.25) is 0 Å². The molecule has 1 aromatic carbocycles. The highest BCUT2D eigenvalue weighted by Gasteiger charge is 2.16. The summed E-state index contributed by atoms with van der Waals surface area (Å²) in [4.78, 5) is 4.22. The van der Waals surface area contributed by atoms with Crippen LogP contribution in [-0.4, -0.2) is 30.1 Å². The maximum Gasteiger partial charge on any atom is 0.219 e. The Balaban J connectivity index is 2.00. The van der Waals surface area contributed by atoms with E-state index in [0.29, 0.717) is 23.5 Å². The van der Waals surface area contributed by atoms with Gasteiger partial charge in [-0.25, -0.2) is 4.98 Å². The van der Waals surface area contributed by atoms with Gasteiger partial charge < -0.3 is 15.3 Å². The molecule has 0 unspecified atom stereocenters. The molecule has 25 heavy (non-hydrogen) atoms. The van der Waals surface area contributed by atoms with E-state index in [9.17, 15) is 15.3 Å². The van der Waals surface area contributed by atoms with Crippen LogP contribution in [-0.2, 0) is 6.42 Å².